The molecule has 1 saturated heterocycles. The number of nitrogens with zero attached hydrogens (tertiary/aromatic N) is 1. The molecule has 11 heteroatoms. The van der Waals surface area contributed by atoms with Gasteiger partial charge in [-0.3, -0.25) is 14.5 Å². The molecule has 1 aliphatic rings. The molecule has 0 aromatic heterocycles. The van der Waals surface area contributed by atoms with E-state index >= 15 is 0 Å². The number of amides is 1. The Bertz CT molecular complexity index is 1470. The summed E-state index contributed by atoms with van der Waals surface area (Å²) in [4.78, 5) is 27.9. The van der Waals surface area contributed by atoms with E-state index in [-0.39, 0.29) is 56.5 Å². The highest BCUT2D eigenvalue weighted by Gasteiger charge is 2.47. The molecule has 4 rings (SSSR count). The van der Waals surface area contributed by atoms with Gasteiger partial charge in [0.05, 0.1) is 48.1 Å². The number of aliphatic hydroxyl groups excluding tert-OH is 1. The molecule has 1 amide bonds. The molecule has 8 nitrogen and oxygen atoms in total. The lowest BCUT2D eigenvalue weighted by Crippen LogP contribution is -2.29. The van der Waals surface area contributed by atoms with Crippen molar-refractivity contribution in [2.45, 2.75) is 13.0 Å². The molecule has 0 saturated carbocycles. The summed E-state index contributed by atoms with van der Waals surface area (Å²) in [5.74, 6) is -2.99. The molecule has 3 aromatic rings. The first-order chi connectivity index (χ1) is 18.1. The van der Waals surface area contributed by atoms with Crippen molar-refractivity contribution in [3.8, 4) is 23.0 Å². The lowest BCUT2D eigenvalue weighted by Gasteiger charge is -2.26. The van der Waals surface area contributed by atoms with Gasteiger partial charge in [0.1, 0.15) is 23.1 Å². The Morgan fingerprint density at radius 3 is 2.32 bits per heavy atom. The summed E-state index contributed by atoms with van der Waals surface area (Å²) in [5.41, 5.74) is 0.143. The first-order valence-electron chi connectivity index (χ1n) is 11.3. The number of benzene rings is 3. The predicted octanol–water partition coefficient (Wildman–Crippen LogP) is 5.88. The minimum atomic E-state index is -1.22. The number of aromatic hydroxyl groups is 1. The third-order valence-electron chi connectivity index (χ3n) is 5.95. The quantitative estimate of drug-likeness (QED) is 0.211. The molecule has 1 aliphatic heterocycles. The zero-order valence-electron chi connectivity index (χ0n) is 20.4. The number of ether oxygens (including phenoxy) is 3. The Kier molecular flexibility index (Phi) is 7.71. The Morgan fingerprint density at radius 2 is 1.68 bits per heavy atom. The average molecular weight is 562 g/mol. The summed E-state index contributed by atoms with van der Waals surface area (Å²) in [5, 5.41) is 21.5. The molecule has 0 aliphatic carbocycles. The topological polar surface area (TPSA) is 106 Å². The van der Waals surface area contributed by atoms with Crippen LogP contribution in [0.1, 0.15) is 24.1 Å². The number of carbonyl (C=O) groups excluding carboxylic acids is 2. The number of carbonyl (C=O) groups is 2. The van der Waals surface area contributed by atoms with Crippen LogP contribution in [0.25, 0.3) is 5.76 Å². The van der Waals surface area contributed by atoms with Gasteiger partial charge in [0, 0.05) is 11.8 Å². The molecular weight excluding hydrogens is 540 g/mol. The second-order valence-corrected chi connectivity index (χ2v) is 8.93. The third-order valence-corrected chi connectivity index (χ3v) is 6.54. The molecule has 38 heavy (non-hydrogen) atoms. The zero-order chi connectivity index (χ0) is 27.7. The summed E-state index contributed by atoms with van der Waals surface area (Å²) in [6, 6.07) is 9.34. The summed E-state index contributed by atoms with van der Waals surface area (Å²) < 4.78 is 30.0. The maximum absolute atomic E-state index is 13.9. The molecule has 2 N–H and O–H groups in total. The van der Waals surface area contributed by atoms with Gasteiger partial charge in [-0.1, -0.05) is 29.3 Å². The Morgan fingerprint density at radius 1 is 0.974 bits per heavy atom. The van der Waals surface area contributed by atoms with Crippen molar-refractivity contribution in [3.05, 3.63) is 81.1 Å². The molecule has 0 bridgehead atoms. The summed E-state index contributed by atoms with van der Waals surface area (Å²) in [7, 11) is 2.75. The molecule has 1 unspecified atom stereocenters. The number of aliphatic hydroxyl groups is 1. The first-order valence-corrected chi connectivity index (χ1v) is 12.0. The van der Waals surface area contributed by atoms with E-state index < -0.39 is 29.3 Å². The number of Topliss-reactive ketones (excluding diaryl/α,β-unsaturated/α-hetero) is 1. The summed E-state index contributed by atoms with van der Waals surface area (Å²) >= 11 is 12.3. The number of halogens is 3. The van der Waals surface area contributed by atoms with E-state index in [1.54, 1.807) is 6.92 Å². The van der Waals surface area contributed by atoms with Crippen molar-refractivity contribution >= 4 is 46.3 Å². The molecule has 1 heterocycles. The highest BCUT2D eigenvalue weighted by atomic mass is 35.5. The van der Waals surface area contributed by atoms with E-state index in [1.807, 2.05) is 0 Å². The lowest BCUT2D eigenvalue weighted by atomic mass is 9.94. The van der Waals surface area contributed by atoms with Crippen molar-refractivity contribution in [2.24, 2.45) is 0 Å². The number of phenols is 1. The normalized spacial score (nSPS) is 16.6. The number of hydrogen-bond donors (Lipinski definition) is 2. The monoisotopic (exact) mass is 561 g/mol. The van der Waals surface area contributed by atoms with Gasteiger partial charge in [-0.05, 0) is 48.9 Å². The SMILES string of the molecule is CCOc1cc(C2/C(=C(\O)c3cc(Cl)c(OC)cc3OC)C(=O)C(=O)N2c2ccc(F)c(Cl)c2)ccc1O. The van der Waals surface area contributed by atoms with Crippen LogP contribution in [0.2, 0.25) is 10.0 Å². The third kappa shape index (κ3) is 4.70. The van der Waals surface area contributed by atoms with E-state index in [4.69, 9.17) is 37.4 Å². The van der Waals surface area contributed by atoms with Crippen LogP contribution in [0.15, 0.2) is 54.1 Å². The first kappa shape index (κ1) is 27.1. The van der Waals surface area contributed by atoms with E-state index in [0.717, 1.165) is 11.0 Å². The van der Waals surface area contributed by atoms with Gasteiger partial charge in [0.15, 0.2) is 11.5 Å². The second kappa shape index (κ2) is 10.8. The van der Waals surface area contributed by atoms with E-state index in [0.29, 0.717) is 5.56 Å². The van der Waals surface area contributed by atoms with E-state index in [9.17, 15) is 24.2 Å². The van der Waals surface area contributed by atoms with Gasteiger partial charge in [0.25, 0.3) is 11.7 Å². The highest BCUT2D eigenvalue weighted by Crippen LogP contribution is 2.46. The number of ketones is 1. The van der Waals surface area contributed by atoms with Crippen LogP contribution in [-0.4, -0.2) is 42.7 Å². The van der Waals surface area contributed by atoms with Crippen LogP contribution in [0, 0.1) is 5.82 Å². The van der Waals surface area contributed by atoms with Crippen LogP contribution >= 0.6 is 23.2 Å². The molecule has 3 aromatic carbocycles. The van der Waals surface area contributed by atoms with Gasteiger partial charge in [-0.2, -0.15) is 0 Å². The average Bonchev–Trinajstić information content (AvgIpc) is 3.16. The number of rotatable bonds is 7. The minimum Gasteiger partial charge on any atom is -0.507 e. The fraction of sp³-hybridized carbons (Fsp3) is 0.185. The van der Waals surface area contributed by atoms with Crippen molar-refractivity contribution in [1.29, 1.82) is 0 Å². The van der Waals surface area contributed by atoms with Crippen LogP contribution in [0.3, 0.4) is 0 Å². The van der Waals surface area contributed by atoms with Gasteiger partial charge in [-0.25, -0.2) is 4.39 Å². The minimum absolute atomic E-state index is 0.0299. The number of anilines is 1. The van der Waals surface area contributed by atoms with Crippen molar-refractivity contribution < 1.29 is 38.4 Å². The van der Waals surface area contributed by atoms with Gasteiger partial charge >= 0.3 is 0 Å². The number of hydrogen-bond acceptors (Lipinski definition) is 7. The van der Waals surface area contributed by atoms with Crippen LogP contribution in [0.5, 0.6) is 23.0 Å². The number of phenolic OH excluding ortho intramolecular Hbond substituents is 1. The van der Waals surface area contributed by atoms with Crippen molar-refractivity contribution in [3.63, 3.8) is 0 Å². The summed E-state index contributed by atoms with van der Waals surface area (Å²) in [6.07, 6.45) is 0. The maximum Gasteiger partial charge on any atom is 0.300 e. The fourth-order valence-corrected chi connectivity index (χ4v) is 4.63. The molecule has 0 spiro atoms. The van der Waals surface area contributed by atoms with E-state index in [2.05, 4.69) is 0 Å². The van der Waals surface area contributed by atoms with Gasteiger partial charge < -0.3 is 24.4 Å². The van der Waals surface area contributed by atoms with Crippen LogP contribution in [0.4, 0.5) is 10.1 Å². The second-order valence-electron chi connectivity index (χ2n) is 8.11. The largest absolute Gasteiger partial charge is 0.507 e. The highest BCUT2D eigenvalue weighted by molar-refractivity contribution is 6.52. The van der Waals surface area contributed by atoms with Gasteiger partial charge in [-0.15, -0.1) is 0 Å². The molecular formula is C27H22Cl2FNO7. The molecule has 198 valence electrons. The maximum atomic E-state index is 13.9. The van der Waals surface area contributed by atoms with Crippen LogP contribution in [-0.2, 0) is 9.59 Å². The zero-order valence-corrected chi connectivity index (χ0v) is 21.9. The Labute approximate surface area is 227 Å². The molecule has 0 radical (unpaired) electrons. The molecule has 1 atom stereocenters. The lowest BCUT2D eigenvalue weighted by molar-refractivity contribution is -0.132. The smallest absolute Gasteiger partial charge is 0.300 e. The Balaban J connectivity index is 2.02. The van der Waals surface area contributed by atoms with Crippen molar-refractivity contribution in [1.82, 2.24) is 0 Å². The van der Waals surface area contributed by atoms with Crippen molar-refractivity contribution in [2.75, 3.05) is 25.7 Å². The number of methoxy groups -OCH3 is 2. The standard InChI is InChI=1S/C27H22Cl2FNO7/c1-4-38-22-9-13(5-8-19(22)32)24-23(25(33)15-11-17(29)21(37-3)12-20(15)36-2)26(34)27(35)31(24)14-6-7-18(30)16(28)10-14/h5-12,24,32-33H,4H2,1-3H3/b25-23+. The predicted molar refractivity (Wildman–Crippen MR) is 140 cm³/mol. The molecule has 1 fully saturated rings. The van der Waals surface area contributed by atoms with Gasteiger partial charge in [0.2, 0.25) is 0 Å². The summed E-state index contributed by atoms with van der Waals surface area (Å²) in [6.45, 7) is 1.95. The Hall–Kier alpha value is -3.95. The fourth-order valence-electron chi connectivity index (χ4n) is 4.21. The van der Waals surface area contributed by atoms with E-state index in [1.165, 1.54) is 56.7 Å². The van der Waals surface area contributed by atoms with Crippen LogP contribution < -0.4 is 19.1 Å².